The summed E-state index contributed by atoms with van der Waals surface area (Å²) in [5, 5.41) is 8.60. The lowest BCUT2D eigenvalue weighted by atomic mass is 9.95. The van der Waals surface area contributed by atoms with Gasteiger partial charge in [-0.2, -0.15) is 0 Å². The minimum absolute atomic E-state index is 0. The van der Waals surface area contributed by atoms with Crippen molar-refractivity contribution in [1.29, 1.82) is 0 Å². The molecule has 10 heteroatoms. The number of amides is 2. The van der Waals surface area contributed by atoms with Crippen LogP contribution in [0.3, 0.4) is 0 Å². The highest BCUT2D eigenvalue weighted by atomic mass is 35.5. The van der Waals surface area contributed by atoms with E-state index in [0.29, 0.717) is 25.2 Å². The van der Waals surface area contributed by atoms with Crippen LogP contribution in [-0.4, -0.2) is 44.3 Å². The Balaban J connectivity index is 0.00000384. The first-order chi connectivity index (χ1) is 20.7. The summed E-state index contributed by atoms with van der Waals surface area (Å²) >= 11 is 0. The van der Waals surface area contributed by atoms with Crippen LogP contribution in [-0.2, 0) is 39.1 Å². The zero-order chi connectivity index (χ0) is 30.0. The molecule has 8 nitrogen and oxygen atoms in total. The summed E-state index contributed by atoms with van der Waals surface area (Å²) in [4.78, 5) is 29.2. The van der Waals surface area contributed by atoms with Gasteiger partial charge in [0.2, 0.25) is 11.8 Å². The number of hydrogen-bond donors (Lipinski definition) is 3. The average molecular weight is 633 g/mol. The van der Waals surface area contributed by atoms with Gasteiger partial charge in [0, 0.05) is 31.1 Å². The number of hydrogen-bond acceptors (Lipinski definition) is 5. The zero-order valence-electron chi connectivity index (χ0n) is 24.6. The molecule has 4 aromatic carbocycles. The van der Waals surface area contributed by atoms with E-state index in [1.165, 1.54) is 0 Å². The Hall–Kier alpha value is -3.92. The van der Waals surface area contributed by atoms with Gasteiger partial charge in [-0.3, -0.25) is 14.3 Å². The Bertz CT molecular complexity index is 1770. The number of halogens is 1. The highest BCUT2D eigenvalue weighted by Crippen LogP contribution is 2.28. The Labute approximate surface area is 264 Å². The van der Waals surface area contributed by atoms with Crippen molar-refractivity contribution >= 4 is 50.7 Å². The SMILES string of the molecule is Cc1ccc(S(=O)(=O)Nc2ccc3c(c2)CN(C(=O)[C@@H](Cc2ccc4ccccc4c2)NC(=O)C2CCNCC2)C3)cc1.Cl. The number of anilines is 1. The Kier molecular flexibility index (Phi) is 9.58. The summed E-state index contributed by atoms with van der Waals surface area (Å²) in [5.41, 5.74) is 4.24. The fraction of sp³-hybridized carbons (Fsp3) is 0.294. The molecule has 0 aromatic heterocycles. The summed E-state index contributed by atoms with van der Waals surface area (Å²) in [5.74, 6) is -0.341. The molecule has 4 aromatic rings. The summed E-state index contributed by atoms with van der Waals surface area (Å²) in [7, 11) is -3.75. The van der Waals surface area contributed by atoms with Crippen LogP contribution in [0.4, 0.5) is 5.69 Å². The van der Waals surface area contributed by atoms with Crippen LogP contribution in [0.5, 0.6) is 0 Å². The summed E-state index contributed by atoms with van der Waals surface area (Å²) < 4.78 is 28.6. The lowest BCUT2D eigenvalue weighted by Gasteiger charge is -2.28. The number of piperidine rings is 1. The van der Waals surface area contributed by atoms with Crippen molar-refractivity contribution in [2.24, 2.45) is 5.92 Å². The maximum atomic E-state index is 14.0. The second-order valence-corrected chi connectivity index (χ2v) is 13.2. The summed E-state index contributed by atoms with van der Waals surface area (Å²) in [6, 6.07) is 25.6. The van der Waals surface area contributed by atoms with E-state index in [4.69, 9.17) is 0 Å². The molecule has 2 aliphatic rings. The number of nitrogens with one attached hydrogen (secondary N) is 3. The lowest BCUT2D eigenvalue weighted by Crippen LogP contribution is -2.50. The standard InChI is InChI=1S/C34H36N4O4S.ClH/c1-23-6-12-31(13-7-23)43(41,42)37-30-11-10-28-21-38(22-29(28)20-30)34(40)32(36-33(39)26-14-16-35-17-15-26)19-24-8-9-25-4-2-3-5-27(25)18-24;/h2-13,18,20,26,32,35,37H,14-17,19,21-22H2,1H3,(H,36,39);1H/t32-;/m1./s1. The number of benzene rings is 4. The van der Waals surface area contributed by atoms with Gasteiger partial charge in [0.15, 0.2) is 0 Å². The third-order valence-corrected chi connectivity index (χ3v) is 9.80. The van der Waals surface area contributed by atoms with Crippen molar-refractivity contribution in [3.63, 3.8) is 0 Å². The molecule has 230 valence electrons. The number of rotatable bonds is 8. The third-order valence-electron chi connectivity index (χ3n) is 8.40. The lowest BCUT2D eigenvalue weighted by molar-refractivity contribution is -0.138. The van der Waals surface area contributed by atoms with Gasteiger partial charge < -0.3 is 15.5 Å². The Morgan fingerprint density at radius 1 is 0.886 bits per heavy atom. The van der Waals surface area contributed by atoms with E-state index in [0.717, 1.165) is 59.0 Å². The number of sulfonamides is 1. The molecular weight excluding hydrogens is 596 g/mol. The Morgan fingerprint density at radius 3 is 2.34 bits per heavy atom. The van der Waals surface area contributed by atoms with E-state index in [2.05, 4.69) is 27.5 Å². The molecule has 1 saturated heterocycles. The molecule has 0 radical (unpaired) electrons. The molecule has 2 amide bonds. The van der Waals surface area contributed by atoms with Gasteiger partial charge in [-0.05, 0) is 84.6 Å². The van der Waals surface area contributed by atoms with Gasteiger partial charge in [-0.1, -0.05) is 66.2 Å². The topological polar surface area (TPSA) is 108 Å². The van der Waals surface area contributed by atoms with Gasteiger partial charge in [-0.25, -0.2) is 8.42 Å². The first-order valence-electron chi connectivity index (χ1n) is 14.7. The number of nitrogens with zero attached hydrogens (tertiary/aromatic N) is 1. The van der Waals surface area contributed by atoms with E-state index < -0.39 is 16.1 Å². The van der Waals surface area contributed by atoms with Gasteiger partial charge in [-0.15, -0.1) is 12.4 Å². The molecule has 2 heterocycles. The van der Waals surface area contributed by atoms with E-state index >= 15 is 0 Å². The number of carbonyl (C=O) groups is 2. The average Bonchev–Trinajstić information content (AvgIpc) is 3.44. The highest BCUT2D eigenvalue weighted by molar-refractivity contribution is 7.92. The van der Waals surface area contributed by atoms with Crippen LogP contribution in [0.25, 0.3) is 10.8 Å². The normalized spacial score (nSPS) is 15.7. The quantitative estimate of drug-likeness (QED) is 0.255. The fourth-order valence-corrected chi connectivity index (χ4v) is 6.99. The maximum Gasteiger partial charge on any atom is 0.261 e. The van der Waals surface area contributed by atoms with Crippen molar-refractivity contribution < 1.29 is 18.0 Å². The molecule has 0 saturated carbocycles. The van der Waals surface area contributed by atoms with Crippen molar-refractivity contribution in [3.05, 3.63) is 107 Å². The van der Waals surface area contributed by atoms with Crippen molar-refractivity contribution in [1.82, 2.24) is 15.5 Å². The minimum atomic E-state index is -3.75. The van der Waals surface area contributed by atoms with Crippen LogP contribution in [0.2, 0.25) is 0 Å². The van der Waals surface area contributed by atoms with Gasteiger partial charge >= 0.3 is 0 Å². The Morgan fingerprint density at radius 2 is 1.59 bits per heavy atom. The molecular formula is C34H37ClN4O4S. The largest absolute Gasteiger partial charge is 0.344 e. The molecule has 1 atom stereocenters. The van der Waals surface area contributed by atoms with E-state index in [1.54, 1.807) is 41.3 Å². The molecule has 6 rings (SSSR count). The molecule has 0 aliphatic carbocycles. The predicted molar refractivity (Wildman–Crippen MR) is 175 cm³/mol. The third kappa shape index (κ3) is 7.07. The van der Waals surface area contributed by atoms with Gasteiger partial charge in [0.05, 0.1) is 4.90 Å². The smallest absolute Gasteiger partial charge is 0.261 e. The molecule has 3 N–H and O–H groups in total. The second kappa shape index (κ2) is 13.4. The van der Waals surface area contributed by atoms with Crippen LogP contribution in [0.1, 0.15) is 35.1 Å². The number of carbonyl (C=O) groups excluding carboxylic acids is 2. The van der Waals surface area contributed by atoms with E-state index in [9.17, 15) is 18.0 Å². The highest BCUT2D eigenvalue weighted by Gasteiger charge is 2.32. The van der Waals surface area contributed by atoms with Crippen LogP contribution >= 0.6 is 12.4 Å². The first-order valence-corrected chi connectivity index (χ1v) is 16.2. The maximum absolute atomic E-state index is 14.0. The molecule has 44 heavy (non-hydrogen) atoms. The zero-order valence-corrected chi connectivity index (χ0v) is 26.2. The predicted octanol–water partition coefficient (Wildman–Crippen LogP) is 4.94. The fourth-order valence-electron chi connectivity index (χ4n) is 5.94. The van der Waals surface area contributed by atoms with Gasteiger partial charge in [0.25, 0.3) is 10.0 Å². The second-order valence-electron chi connectivity index (χ2n) is 11.6. The van der Waals surface area contributed by atoms with E-state index in [-0.39, 0.29) is 35.0 Å². The molecule has 1 fully saturated rings. The summed E-state index contributed by atoms with van der Waals surface area (Å²) in [6.07, 6.45) is 1.88. The van der Waals surface area contributed by atoms with Crippen LogP contribution < -0.4 is 15.4 Å². The van der Waals surface area contributed by atoms with Gasteiger partial charge in [0.1, 0.15) is 6.04 Å². The molecule has 0 unspecified atom stereocenters. The number of fused-ring (bicyclic) bond motifs is 2. The van der Waals surface area contributed by atoms with Crippen molar-refractivity contribution in [3.8, 4) is 0 Å². The number of aryl methyl sites for hydroxylation is 1. The first kappa shape index (κ1) is 31.5. The van der Waals surface area contributed by atoms with Crippen molar-refractivity contribution in [2.75, 3.05) is 17.8 Å². The van der Waals surface area contributed by atoms with Crippen molar-refractivity contribution in [2.45, 2.75) is 50.2 Å². The molecule has 2 aliphatic heterocycles. The van der Waals surface area contributed by atoms with Crippen LogP contribution in [0, 0.1) is 12.8 Å². The molecule has 0 spiro atoms. The van der Waals surface area contributed by atoms with Crippen LogP contribution in [0.15, 0.2) is 89.8 Å². The summed E-state index contributed by atoms with van der Waals surface area (Å²) in [6.45, 7) is 4.22. The molecule has 0 bridgehead atoms. The monoisotopic (exact) mass is 632 g/mol. The van der Waals surface area contributed by atoms with E-state index in [1.807, 2.05) is 43.3 Å². The minimum Gasteiger partial charge on any atom is -0.344 e.